The predicted molar refractivity (Wildman–Crippen MR) is 63.9 cm³/mol. The number of hydrogen-bond donors (Lipinski definition) is 4. The Hall–Kier alpha value is -1.28. The Morgan fingerprint density at radius 3 is 2.00 bits per heavy atom. The molecule has 0 spiro atoms. The number of rotatable bonds is 8. The molecule has 19 heavy (non-hydrogen) atoms. The molecule has 1 aromatic rings. The summed E-state index contributed by atoms with van der Waals surface area (Å²) in [5, 5.41) is 30.2. The topological polar surface area (TPSA) is 82.0 Å². The van der Waals surface area contributed by atoms with E-state index in [4.69, 9.17) is 15.3 Å². The first-order chi connectivity index (χ1) is 9.05. The Morgan fingerprint density at radius 2 is 1.58 bits per heavy atom. The number of nitrogens with one attached hydrogen (secondary N) is 1. The predicted octanol–water partition coefficient (Wildman–Crippen LogP) is 0.0933. The second-order valence-electron chi connectivity index (χ2n) is 4.13. The van der Waals surface area contributed by atoms with Crippen molar-refractivity contribution in [3.63, 3.8) is 0 Å². The molecule has 0 saturated carbocycles. The molecule has 0 atom stereocenters. The van der Waals surface area contributed by atoms with E-state index in [9.17, 15) is 8.78 Å². The summed E-state index contributed by atoms with van der Waals surface area (Å²) in [6.07, 6.45) is 0. The second-order valence-corrected chi connectivity index (χ2v) is 4.13. The molecule has 0 aromatic heterocycles. The molecule has 0 saturated heterocycles. The first-order valence-electron chi connectivity index (χ1n) is 5.66. The highest BCUT2D eigenvalue weighted by Gasteiger charge is 2.26. The van der Waals surface area contributed by atoms with Gasteiger partial charge in [-0.05, 0) is 17.7 Å². The van der Waals surface area contributed by atoms with Gasteiger partial charge < -0.3 is 25.4 Å². The SMILES string of the molecule is OCC(CO)(CO)NCc1ccc(OC(F)F)cc1. The molecule has 0 fully saturated rings. The lowest BCUT2D eigenvalue weighted by molar-refractivity contribution is -0.0498. The molecule has 7 heteroatoms. The average molecular weight is 277 g/mol. The van der Waals surface area contributed by atoms with Crippen LogP contribution in [0.1, 0.15) is 5.56 Å². The van der Waals surface area contributed by atoms with Crippen LogP contribution in [-0.2, 0) is 6.54 Å². The summed E-state index contributed by atoms with van der Waals surface area (Å²) >= 11 is 0. The first kappa shape index (κ1) is 15.8. The van der Waals surface area contributed by atoms with Crippen LogP contribution in [0.3, 0.4) is 0 Å². The summed E-state index contributed by atoms with van der Waals surface area (Å²) in [7, 11) is 0. The highest BCUT2D eigenvalue weighted by atomic mass is 19.3. The third kappa shape index (κ3) is 4.71. The Kier molecular flexibility index (Phi) is 6.10. The summed E-state index contributed by atoms with van der Waals surface area (Å²) < 4.78 is 28.1. The molecule has 5 nitrogen and oxygen atoms in total. The molecule has 0 aliphatic carbocycles. The highest BCUT2D eigenvalue weighted by Crippen LogP contribution is 2.15. The summed E-state index contributed by atoms with van der Waals surface area (Å²) in [5.41, 5.74) is -0.431. The van der Waals surface area contributed by atoms with E-state index < -0.39 is 32.0 Å². The van der Waals surface area contributed by atoms with Crippen molar-refractivity contribution in [2.45, 2.75) is 18.7 Å². The molecule has 4 N–H and O–H groups in total. The van der Waals surface area contributed by atoms with E-state index in [2.05, 4.69) is 10.1 Å². The quantitative estimate of drug-likeness (QED) is 0.541. The van der Waals surface area contributed by atoms with E-state index in [0.717, 1.165) is 5.56 Å². The van der Waals surface area contributed by atoms with Gasteiger partial charge in [-0.2, -0.15) is 8.78 Å². The summed E-state index contributed by atoms with van der Waals surface area (Å²) in [6.45, 7) is -3.88. The molecule has 108 valence electrons. The van der Waals surface area contributed by atoms with Crippen LogP contribution in [0.25, 0.3) is 0 Å². The van der Waals surface area contributed by atoms with Crippen LogP contribution in [0.4, 0.5) is 8.78 Å². The van der Waals surface area contributed by atoms with Gasteiger partial charge >= 0.3 is 6.61 Å². The van der Waals surface area contributed by atoms with Crippen molar-refractivity contribution in [2.24, 2.45) is 0 Å². The van der Waals surface area contributed by atoms with Crippen molar-refractivity contribution in [2.75, 3.05) is 19.8 Å². The van der Waals surface area contributed by atoms with Crippen LogP contribution >= 0.6 is 0 Å². The van der Waals surface area contributed by atoms with Gasteiger partial charge in [0.05, 0.1) is 25.4 Å². The molecule has 1 aromatic carbocycles. The van der Waals surface area contributed by atoms with Crippen LogP contribution in [0.15, 0.2) is 24.3 Å². The monoisotopic (exact) mass is 277 g/mol. The van der Waals surface area contributed by atoms with Gasteiger partial charge in [0.15, 0.2) is 0 Å². The van der Waals surface area contributed by atoms with Crippen molar-refractivity contribution >= 4 is 0 Å². The van der Waals surface area contributed by atoms with Gasteiger partial charge in [0.2, 0.25) is 0 Å². The van der Waals surface area contributed by atoms with Crippen molar-refractivity contribution in [1.29, 1.82) is 0 Å². The van der Waals surface area contributed by atoms with Gasteiger partial charge in [0.25, 0.3) is 0 Å². The molecule has 1 rings (SSSR count). The van der Waals surface area contributed by atoms with E-state index in [1.54, 1.807) is 12.1 Å². The third-order valence-electron chi connectivity index (χ3n) is 2.72. The van der Waals surface area contributed by atoms with Crippen molar-refractivity contribution in [3.8, 4) is 5.75 Å². The van der Waals surface area contributed by atoms with Gasteiger partial charge in [-0.25, -0.2) is 0 Å². The largest absolute Gasteiger partial charge is 0.435 e. The number of aliphatic hydroxyl groups excluding tert-OH is 3. The number of benzene rings is 1. The van der Waals surface area contributed by atoms with Crippen LogP contribution in [0.5, 0.6) is 5.75 Å². The lowest BCUT2D eigenvalue weighted by Gasteiger charge is -2.28. The second kappa shape index (κ2) is 7.34. The standard InChI is InChI=1S/C12H17F2NO4/c13-11(14)19-10-3-1-9(2-4-10)5-15-12(6-16,7-17)8-18/h1-4,11,15-18H,5-8H2. The lowest BCUT2D eigenvalue weighted by Crippen LogP contribution is -2.54. The maximum atomic E-state index is 11.9. The smallest absolute Gasteiger partial charge is 0.387 e. The van der Waals surface area contributed by atoms with Crippen molar-refractivity contribution in [1.82, 2.24) is 5.32 Å². The summed E-state index contributed by atoms with van der Waals surface area (Å²) in [6, 6.07) is 5.92. The molecular weight excluding hydrogens is 260 g/mol. The Balaban J connectivity index is 2.58. The van der Waals surface area contributed by atoms with Crippen molar-refractivity contribution in [3.05, 3.63) is 29.8 Å². The minimum atomic E-state index is -2.87. The zero-order chi connectivity index (χ0) is 14.3. The lowest BCUT2D eigenvalue weighted by atomic mass is 10.0. The summed E-state index contributed by atoms with van der Waals surface area (Å²) in [4.78, 5) is 0. The maximum Gasteiger partial charge on any atom is 0.387 e. The van der Waals surface area contributed by atoms with Gasteiger partial charge in [0.1, 0.15) is 5.75 Å². The first-order valence-corrected chi connectivity index (χ1v) is 5.66. The Labute approximate surface area is 109 Å². The van der Waals surface area contributed by atoms with E-state index in [-0.39, 0.29) is 12.3 Å². The van der Waals surface area contributed by atoms with Gasteiger partial charge in [-0.3, -0.25) is 0 Å². The molecule has 0 radical (unpaired) electrons. The fraction of sp³-hybridized carbons (Fsp3) is 0.500. The number of alkyl halides is 2. The number of aliphatic hydroxyl groups is 3. The molecular formula is C12H17F2NO4. The van der Waals surface area contributed by atoms with E-state index >= 15 is 0 Å². The molecule has 0 heterocycles. The van der Waals surface area contributed by atoms with Crippen LogP contribution in [0, 0.1) is 0 Å². The molecule has 0 aliphatic heterocycles. The Morgan fingerprint density at radius 1 is 1.05 bits per heavy atom. The average Bonchev–Trinajstić information content (AvgIpc) is 2.42. The van der Waals surface area contributed by atoms with Crippen LogP contribution in [-0.4, -0.2) is 47.3 Å². The number of ether oxygens (including phenoxy) is 1. The minimum absolute atomic E-state index is 0.0523. The zero-order valence-electron chi connectivity index (χ0n) is 10.2. The minimum Gasteiger partial charge on any atom is -0.435 e. The van der Waals surface area contributed by atoms with Crippen LogP contribution in [0.2, 0.25) is 0 Å². The van der Waals surface area contributed by atoms with Gasteiger partial charge in [0, 0.05) is 6.54 Å². The van der Waals surface area contributed by atoms with Gasteiger partial charge in [-0.15, -0.1) is 0 Å². The molecule has 0 amide bonds. The third-order valence-corrected chi connectivity index (χ3v) is 2.72. The van der Waals surface area contributed by atoms with E-state index in [1.807, 2.05) is 0 Å². The normalized spacial score (nSPS) is 11.9. The van der Waals surface area contributed by atoms with Crippen molar-refractivity contribution < 1.29 is 28.8 Å². The van der Waals surface area contributed by atoms with E-state index in [0.29, 0.717) is 0 Å². The number of halogens is 2. The Bertz CT molecular complexity index is 360. The molecule has 0 unspecified atom stereocenters. The fourth-order valence-corrected chi connectivity index (χ4v) is 1.40. The van der Waals surface area contributed by atoms with E-state index in [1.165, 1.54) is 12.1 Å². The summed E-state index contributed by atoms with van der Waals surface area (Å²) in [5.74, 6) is 0.0523. The van der Waals surface area contributed by atoms with Gasteiger partial charge in [-0.1, -0.05) is 12.1 Å². The zero-order valence-corrected chi connectivity index (χ0v) is 10.2. The molecule has 0 aliphatic rings. The number of hydrogen-bond acceptors (Lipinski definition) is 5. The van der Waals surface area contributed by atoms with Crippen LogP contribution < -0.4 is 10.1 Å². The molecule has 0 bridgehead atoms. The maximum absolute atomic E-state index is 11.9. The fourth-order valence-electron chi connectivity index (χ4n) is 1.40. The highest BCUT2D eigenvalue weighted by molar-refractivity contribution is 5.27.